The Bertz CT molecular complexity index is 3690. The maximum absolute atomic E-state index is 11.8. The number of aliphatic imine (C=N–C) groups is 1. The SMILES string of the molecule is CC(=O)OCC1OC(SCCCCC(=O)O)C(C)C(C)C1C.CC(=O)OCC1OC(SCCCCC(=O)OC(C)(C)C)C(C)C(C)C1C.CC(=O)OCC1OC(SCCCCC(=O)ON2C(=O)CCC2=O)C(C)C(C)C1C.CC(=O)OCC1OC2OC(C)=NC2C(C)C1OC(C)=O.CC(C)(C)OC(=O)CCCCS.CC(C)(C)OC(=O)CCCCSC(=N)N.CCCCCBr.NC(N)=S.O=C(O)CCCCBr. The number of carboxylic acid groups (broad SMARTS) is 2. The van der Waals surface area contributed by atoms with E-state index in [4.69, 9.17) is 87.8 Å². The number of esters is 8. The fraction of sp³-hybridized carbons (Fsp3) is 0.838. The fourth-order valence-corrected chi connectivity index (χ4v) is 19.8. The third-order valence-corrected chi connectivity index (χ3v) is 29.1. The Hall–Kier alpha value is -5.51. The lowest BCUT2D eigenvalue weighted by Crippen LogP contribution is -2.54. The molecule has 20 unspecified atom stereocenters. The Morgan fingerprint density at radius 2 is 0.761 bits per heavy atom. The van der Waals surface area contributed by atoms with Crippen LogP contribution in [0, 0.1) is 64.6 Å². The van der Waals surface area contributed by atoms with E-state index in [1.807, 2.05) is 69.2 Å². The van der Waals surface area contributed by atoms with E-state index in [-0.39, 0.29) is 137 Å². The highest BCUT2D eigenvalue weighted by Crippen LogP contribution is 2.44. The van der Waals surface area contributed by atoms with Gasteiger partial charge in [0.1, 0.15) is 77.8 Å². The van der Waals surface area contributed by atoms with Gasteiger partial charge in [0.15, 0.2) is 16.2 Å². The summed E-state index contributed by atoms with van der Waals surface area (Å²) >= 11 is 21.3. The molecule has 0 radical (unpaired) electrons. The number of alkyl halides is 2. The van der Waals surface area contributed by atoms with Crippen LogP contribution >= 0.6 is 104 Å². The number of fused-ring (bicyclic) bond motifs is 1. The van der Waals surface area contributed by atoms with E-state index in [1.165, 1.54) is 71.0 Å². The number of imide groups is 1. The van der Waals surface area contributed by atoms with E-state index in [1.54, 1.807) is 42.2 Å². The normalized spacial score (nSPS) is 24.6. The Kier molecular flexibility index (Phi) is 77.9. The number of rotatable bonds is 44. The molecule has 0 aromatic carbocycles. The number of amides is 2. The van der Waals surface area contributed by atoms with Crippen molar-refractivity contribution in [3.05, 3.63) is 0 Å². The molecule has 0 aromatic rings. The molecule has 20 atom stereocenters. The molecule has 5 saturated heterocycles. The molecule has 6 heterocycles. The van der Waals surface area contributed by atoms with Crippen molar-refractivity contribution in [1.82, 2.24) is 5.06 Å². The van der Waals surface area contributed by atoms with Gasteiger partial charge in [-0.2, -0.15) is 12.6 Å². The second kappa shape index (κ2) is 78.7. The Morgan fingerprint density at radius 3 is 1.06 bits per heavy atom. The van der Waals surface area contributed by atoms with Gasteiger partial charge in [0.2, 0.25) is 6.29 Å². The number of ether oxygens (including phenoxy) is 13. The third kappa shape index (κ3) is 71.2. The highest BCUT2D eigenvalue weighted by atomic mass is 79.9. The van der Waals surface area contributed by atoms with Gasteiger partial charge in [0.05, 0.1) is 18.3 Å². The molecular weight excluding hydrogens is 2090 g/mol. The molecule has 5 fully saturated rings. The van der Waals surface area contributed by atoms with Crippen molar-refractivity contribution in [3.8, 4) is 0 Å². The monoisotopic (exact) mass is 2260 g/mol. The molecule has 142 heavy (non-hydrogen) atoms. The minimum absolute atomic E-state index is 0.000000000000000222. The zero-order valence-corrected chi connectivity index (χ0v) is 97.5. The maximum Gasteiger partial charge on any atom is 0.333 e. The summed E-state index contributed by atoms with van der Waals surface area (Å²) in [6.07, 6.45) is 14.5. The number of thiol groups is 1. The van der Waals surface area contributed by atoms with Crippen LogP contribution in [-0.2, 0) is 129 Å². The van der Waals surface area contributed by atoms with Crippen molar-refractivity contribution in [2.24, 2.45) is 81.4 Å². The van der Waals surface area contributed by atoms with Crippen LogP contribution in [-0.4, -0.2) is 251 Å². The van der Waals surface area contributed by atoms with Crippen molar-refractivity contribution < 1.29 is 139 Å². The average Bonchev–Trinajstić information content (AvgIpc) is 1.62. The lowest BCUT2D eigenvalue weighted by atomic mass is 9.80. The smallest absolute Gasteiger partial charge is 0.333 e. The molecule has 9 N–H and O–H groups in total. The second-order valence-electron chi connectivity index (χ2n) is 38.7. The van der Waals surface area contributed by atoms with Crippen molar-refractivity contribution in [2.75, 3.05) is 65.9 Å². The first kappa shape index (κ1) is 141. The number of nitrogens with one attached hydrogen (secondary N) is 1. The minimum atomic E-state index is -0.740. The van der Waals surface area contributed by atoms with Gasteiger partial charge in [-0.3, -0.25) is 62.9 Å². The molecule has 0 aromatic heterocycles. The molecule has 6 rings (SSSR count). The summed E-state index contributed by atoms with van der Waals surface area (Å²) < 4.78 is 71.0. The van der Waals surface area contributed by atoms with Gasteiger partial charge in [0.25, 0.3) is 11.8 Å². The number of unbranched alkanes of at least 4 members (excludes halogenated alkanes) is 8. The number of hydrogen-bond donors (Lipinski definition) is 7. The summed E-state index contributed by atoms with van der Waals surface area (Å²) in [4.78, 5) is 154. The number of aliphatic carboxylic acids is 2. The molecule has 43 heteroatoms. The predicted molar refractivity (Wildman–Crippen MR) is 573 cm³/mol. The number of thioether (sulfide) groups is 4. The lowest BCUT2D eigenvalue weighted by molar-refractivity contribution is -0.230. The van der Waals surface area contributed by atoms with Crippen molar-refractivity contribution in [3.63, 3.8) is 0 Å². The van der Waals surface area contributed by atoms with Crippen LogP contribution in [0.2, 0.25) is 0 Å². The van der Waals surface area contributed by atoms with Crippen LogP contribution in [0.3, 0.4) is 0 Å². The molecule has 6 aliphatic heterocycles. The van der Waals surface area contributed by atoms with Gasteiger partial charge < -0.3 is 93.8 Å². The number of halogens is 2. The third-order valence-electron chi connectivity index (χ3n) is 22.7. The average molecular weight is 2270 g/mol. The largest absolute Gasteiger partial charge is 0.481 e. The number of nitrogens with zero attached hydrogens (tertiary/aromatic N) is 2. The standard InChI is InChI=1S/C20H31NO7S.C20H36O5S.C16H28O5S.C13H19NO6.C10H20N2O2S.C9H18O2S.C5H9BrO2.C5H11Br.CH4N2S/c1-12-13(2)16(11-26-15(4)22)27-20(14(12)3)29-10-6-5-7-19(25)28-21-17(23)8-9-18(21)24;1-13-14(2)17(12-23-16(4)21)24-19(15(13)3)26-11-9-8-10-18(22)25-20(5,6)7;1-10-11(2)14(9-20-13(4)17)21-16(12(10)3)22-8-6-5-7-15(18)19;1-6-11-13(18-7(2)14-11)20-10(5-17-8(3)15)12(6)19-9(4)16;1-10(2,3)14-8(13)6-4-5-7-15-9(11)12;1-9(2,3)11-8(10)6-4-5-7-12;6-4-2-1-3-5(7)8;1-2-3-4-5-6;2-1(3)4/h12-14,16,20H,5-11H2,1-4H3;13-15,17,19H,8-12H2,1-7H3;10-12,14,16H,5-9H2,1-4H3,(H,18,19);6,10-13H,5H2,1-4H3;4-7H2,1-3H3,(H3,11,12);12H,4-7H2,1-3H3;1-4H2,(H,7,8);2-5H2,1H3;(H4,2,3,4). The molecular formula is C99H176Br2N6O29S6. The van der Waals surface area contributed by atoms with E-state index in [0.29, 0.717) is 116 Å². The number of hydroxylamine groups is 2. The maximum atomic E-state index is 11.8. The fourth-order valence-electron chi connectivity index (χ4n) is 14.1. The van der Waals surface area contributed by atoms with Gasteiger partial charge >= 0.3 is 65.7 Å². The number of nitrogens with two attached hydrogens (primary N) is 3. The number of carboxylic acids is 2. The second-order valence-corrected chi connectivity index (χ2v) is 45.9. The first-order valence-corrected chi connectivity index (χ1v) is 56.8. The quantitative estimate of drug-likeness (QED) is 0.00343. The van der Waals surface area contributed by atoms with Crippen LogP contribution in [0.4, 0.5) is 0 Å². The molecule has 0 spiro atoms. The van der Waals surface area contributed by atoms with Crippen molar-refractivity contribution in [2.45, 2.75) is 404 Å². The van der Waals surface area contributed by atoms with E-state index in [2.05, 4.69) is 142 Å². The van der Waals surface area contributed by atoms with E-state index < -0.39 is 71.4 Å². The first-order valence-electron chi connectivity index (χ1n) is 49.4. The number of carbonyl (C=O) groups is 13. The molecule has 0 aliphatic carbocycles. The number of carbonyl (C=O) groups excluding carboxylic acids is 11. The topological polar surface area (TPSA) is 509 Å². The van der Waals surface area contributed by atoms with Crippen LogP contribution in [0.25, 0.3) is 0 Å². The molecule has 6 aliphatic rings. The first-order chi connectivity index (χ1) is 66.1. The highest BCUT2D eigenvalue weighted by molar-refractivity contribution is 9.09. The molecule has 2 amide bonds. The van der Waals surface area contributed by atoms with E-state index in [0.717, 1.165) is 98.3 Å². The summed E-state index contributed by atoms with van der Waals surface area (Å²) in [6.45, 7) is 50.2. The zero-order chi connectivity index (χ0) is 109. The minimum Gasteiger partial charge on any atom is -0.481 e. The van der Waals surface area contributed by atoms with Gasteiger partial charge in [-0.05, 0) is 234 Å². The van der Waals surface area contributed by atoms with Crippen LogP contribution in [0.15, 0.2) is 4.99 Å². The zero-order valence-electron chi connectivity index (χ0n) is 89.4. The molecule has 826 valence electrons. The van der Waals surface area contributed by atoms with Crippen molar-refractivity contribution in [1.29, 1.82) is 5.41 Å². The van der Waals surface area contributed by atoms with Crippen LogP contribution in [0.1, 0.15) is 328 Å². The van der Waals surface area contributed by atoms with E-state index in [9.17, 15) is 62.3 Å². The summed E-state index contributed by atoms with van der Waals surface area (Å²) in [5, 5.41) is 26.5. The summed E-state index contributed by atoms with van der Waals surface area (Å²) in [7, 11) is 0. The van der Waals surface area contributed by atoms with Gasteiger partial charge in [-0.15, -0.1) is 40.3 Å². The van der Waals surface area contributed by atoms with Crippen molar-refractivity contribution >= 4 is 197 Å². The van der Waals surface area contributed by atoms with E-state index >= 15 is 0 Å². The highest BCUT2D eigenvalue weighted by Gasteiger charge is 2.50. The van der Waals surface area contributed by atoms with Crippen LogP contribution < -0.4 is 17.2 Å². The lowest BCUT2D eigenvalue weighted by Gasteiger charge is -2.43. The van der Waals surface area contributed by atoms with Gasteiger partial charge in [-0.1, -0.05) is 133 Å². The summed E-state index contributed by atoms with van der Waals surface area (Å²) in [6, 6.07) is -0.215. The Labute approximate surface area is 891 Å². The summed E-state index contributed by atoms with van der Waals surface area (Å²) in [5.74, 6) is 3.39. The molecule has 0 bridgehead atoms. The van der Waals surface area contributed by atoms with Crippen LogP contribution in [0.5, 0.6) is 0 Å². The summed E-state index contributed by atoms with van der Waals surface area (Å²) in [5.41, 5.74) is 13.4. The molecule has 0 saturated carbocycles. The van der Waals surface area contributed by atoms with Gasteiger partial charge in [-0.25, -0.2) is 9.79 Å². The Morgan fingerprint density at radius 1 is 0.451 bits per heavy atom. The number of hydrogen-bond acceptors (Lipinski definition) is 35. The predicted octanol–water partition coefficient (Wildman–Crippen LogP) is 18.9. The van der Waals surface area contributed by atoms with Gasteiger partial charge in [0, 0.05) is 115 Å². The molecule has 35 nitrogen and oxygen atoms in total. The number of amidine groups is 1. The Balaban J connectivity index is -0.00000160. The number of thiocarbonyl (C=S) groups is 1.